The van der Waals surface area contributed by atoms with Crippen LogP contribution in [0.1, 0.15) is 0 Å². The van der Waals surface area contributed by atoms with E-state index in [0.717, 1.165) is 11.3 Å². The van der Waals surface area contributed by atoms with Crippen molar-refractivity contribution in [3.05, 3.63) is 28.6 Å². The highest BCUT2D eigenvalue weighted by Gasteiger charge is 2.00. The molecule has 2 N–H and O–H groups in total. The molecule has 2 rings (SSSR count). The summed E-state index contributed by atoms with van der Waals surface area (Å²) in [4.78, 5) is 11.1. The predicted octanol–water partition coefficient (Wildman–Crippen LogP) is 0.865. The molecule has 0 bridgehead atoms. The quantitative estimate of drug-likeness (QED) is 0.656. The van der Waals surface area contributed by atoms with Gasteiger partial charge in [-0.05, 0) is 12.1 Å². The van der Waals surface area contributed by atoms with Gasteiger partial charge in [0.15, 0.2) is 0 Å². The zero-order valence-corrected chi connectivity index (χ0v) is 6.55. The van der Waals surface area contributed by atoms with E-state index in [-0.39, 0.29) is 5.56 Å². The molecule has 1 heterocycles. The van der Waals surface area contributed by atoms with Gasteiger partial charge in [-0.15, -0.1) is 0 Å². The van der Waals surface area contributed by atoms with E-state index < -0.39 is 0 Å². The number of hydrogen-bond donors (Lipinski definition) is 2. The molecular formula is C8H8N2O2. The minimum atomic E-state index is -0.104. The molecule has 0 fully saturated rings. The second-order valence-electron chi connectivity index (χ2n) is 2.49. The van der Waals surface area contributed by atoms with Crippen molar-refractivity contribution < 1.29 is 4.74 Å². The van der Waals surface area contributed by atoms with Crippen molar-refractivity contribution in [2.45, 2.75) is 0 Å². The number of aromatic amines is 2. The van der Waals surface area contributed by atoms with Crippen LogP contribution in [-0.4, -0.2) is 17.3 Å². The minimum absolute atomic E-state index is 0.104. The van der Waals surface area contributed by atoms with Gasteiger partial charge in [-0.25, -0.2) is 0 Å². The lowest BCUT2D eigenvalue weighted by Crippen LogP contribution is -1.96. The molecule has 1 aromatic carbocycles. The average molecular weight is 164 g/mol. The Bertz CT molecular complexity index is 455. The van der Waals surface area contributed by atoms with Crippen LogP contribution >= 0.6 is 0 Å². The van der Waals surface area contributed by atoms with Gasteiger partial charge in [-0.2, -0.15) is 0 Å². The first kappa shape index (κ1) is 6.97. The monoisotopic (exact) mass is 164 g/mol. The Morgan fingerprint density at radius 3 is 2.92 bits per heavy atom. The molecular weight excluding hydrogens is 156 g/mol. The maximum atomic E-state index is 11.1. The van der Waals surface area contributed by atoms with Gasteiger partial charge >= 0.3 is 0 Å². The van der Waals surface area contributed by atoms with Crippen LogP contribution in [0.3, 0.4) is 0 Å². The molecule has 1 aromatic heterocycles. The van der Waals surface area contributed by atoms with Crippen molar-refractivity contribution in [2.24, 2.45) is 0 Å². The third-order valence-electron chi connectivity index (χ3n) is 1.78. The number of ether oxygens (including phenoxy) is 1. The minimum Gasteiger partial charge on any atom is -0.497 e. The third-order valence-corrected chi connectivity index (χ3v) is 1.78. The van der Waals surface area contributed by atoms with Crippen LogP contribution in [-0.2, 0) is 0 Å². The summed E-state index contributed by atoms with van der Waals surface area (Å²) in [5.74, 6) is 0.734. The van der Waals surface area contributed by atoms with Crippen LogP contribution in [0.15, 0.2) is 23.0 Å². The molecule has 0 unspecified atom stereocenters. The Morgan fingerprint density at radius 2 is 2.17 bits per heavy atom. The summed E-state index contributed by atoms with van der Waals surface area (Å²) in [6.45, 7) is 0. The van der Waals surface area contributed by atoms with E-state index in [1.165, 1.54) is 0 Å². The summed E-state index contributed by atoms with van der Waals surface area (Å²) in [6.07, 6.45) is 0. The smallest absolute Gasteiger partial charge is 0.271 e. The van der Waals surface area contributed by atoms with Crippen LogP contribution in [0.4, 0.5) is 0 Å². The Labute approximate surface area is 68.2 Å². The fraction of sp³-hybridized carbons (Fsp3) is 0.125. The highest BCUT2D eigenvalue weighted by atomic mass is 16.5. The molecule has 0 spiro atoms. The molecule has 0 saturated heterocycles. The van der Waals surface area contributed by atoms with Gasteiger partial charge in [0.2, 0.25) is 0 Å². The number of methoxy groups -OCH3 is 1. The van der Waals surface area contributed by atoms with Gasteiger partial charge in [-0.1, -0.05) is 0 Å². The largest absolute Gasteiger partial charge is 0.497 e. The van der Waals surface area contributed by atoms with E-state index in [0.29, 0.717) is 5.39 Å². The fourth-order valence-corrected chi connectivity index (χ4v) is 1.14. The Hall–Kier alpha value is -1.71. The molecule has 0 radical (unpaired) electrons. The molecule has 0 atom stereocenters. The first-order chi connectivity index (χ1) is 5.81. The molecule has 4 nitrogen and oxygen atoms in total. The van der Waals surface area contributed by atoms with Crippen LogP contribution in [0.2, 0.25) is 0 Å². The lowest BCUT2D eigenvalue weighted by Gasteiger charge is -1.96. The summed E-state index contributed by atoms with van der Waals surface area (Å²) in [7, 11) is 1.59. The zero-order valence-electron chi connectivity index (χ0n) is 6.55. The Morgan fingerprint density at radius 1 is 1.33 bits per heavy atom. The number of nitrogens with one attached hydrogen (secondary N) is 2. The molecule has 0 aliphatic rings. The van der Waals surface area contributed by atoms with Crippen molar-refractivity contribution in [1.29, 1.82) is 0 Å². The molecule has 62 valence electrons. The van der Waals surface area contributed by atoms with E-state index in [9.17, 15) is 4.79 Å². The summed E-state index contributed by atoms with van der Waals surface area (Å²) in [5.41, 5.74) is 0.659. The van der Waals surface area contributed by atoms with Gasteiger partial charge in [-0.3, -0.25) is 15.0 Å². The number of fused-ring (bicyclic) bond motifs is 1. The Balaban J connectivity index is 2.77. The van der Waals surface area contributed by atoms with Crippen LogP contribution in [0.5, 0.6) is 5.75 Å². The molecule has 0 saturated carbocycles. The zero-order chi connectivity index (χ0) is 8.55. The maximum Gasteiger partial charge on any atom is 0.271 e. The van der Waals surface area contributed by atoms with Gasteiger partial charge in [0.05, 0.1) is 18.0 Å². The van der Waals surface area contributed by atoms with Crippen LogP contribution in [0, 0.1) is 0 Å². The van der Waals surface area contributed by atoms with Crippen molar-refractivity contribution >= 4 is 10.9 Å². The summed E-state index contributed by atoms with van der Waals surface area (Å²) in [5, 5.41) is 5.89. The summed E-state index contributed by atoms with van der Waals surface area (Å²) in [6, 6.07) is 5.25. The number of rotatable bonds is 1. The maximum absolute atomic E-state index is 11.1. The highest BCUT2D eigenvalue weighted by Crippen LogP contribution is 2.15. The van der Waals surface area contributed by atoms with Gasteiger partial charge in [0.1, 0.15) is 5.75 Å². The molecule has 2 aromatic rings. The molecule has 0 amide bonds. The van der Waals surface area contributed by atoms with E-state index >= 15 is 0 Å². The first-order valence-corrected chi connectivity index (χ1v) is 3.55. The number of hydrogen-bond acceptors (Lipinski definition) is 2. The molecule has 12 heavy (non-hydrogen) atoms. The lowest BCUT2D eigenvalue weighted by molar-refractivity contribution is 0.415. The fourth-order valence-electron chi connectivity index (χ4n) is 1.14. The number of benzene rings is 1. The van der Waals surface area contributed by atoms with Crippen LogP contribution in [0.25, 0.3) is 10.9 Å². The van der Waals surface area contributed by atoms with Crippen molar-refractivity contribution in [3.8, 4) is 5.75 Å². The molecule has 4 heteroatoms. The predicted molar refractivity (Wildman–Crippen MR) is 45.5 cm³/mol. The van der Waals surface area contributed by atoms with E-state index in [2.05, 4.69) is 10.2 Å². The van der Waals surface area contributed by atoms with E-state index in [1.807, 2.05) is 0 Å². The van der Waals surface area contributed by atoms with Crippen molar-refractivity contribution in [2.75, 3.05) is 7.11 Å². The summed E-state index contributed by atoms with van der Waals surface area (Å²) < 4.78 is 5.00. The standard InChI is InChI=1S/C8H8N2O2/c1-12-5-2-3-6-7(4-5)9-10-8(6)11/h2-4H,1H3,(H2,9,10,11). The topological polar surface area (TPSA) is 57.9 Å². The molecule has 0 aliphatic heterocycles. The number of aromatic nitrogens is 2. The second-order valence-corrected chi connectivity index (χ2v) is 2.49. The second kappa shape index (κ2) is 2.41. The lowest BCUT2D eigenvalue weighted by atomic mass is 10.2. The SMILES string of the molecule is COc1ccc2c(=O)[nH][nH]c2c1. The van der Waals surface area contributed by atoms with Crippen molar-refractivity contribution in [3.63, 3.8) is 0 Å². The van der Waals surface area contributed by atoms with Gasteiger partial charge in [0, 0.05) is 6.07 Å². The van der Waals surface area contributed by atoms with Gasteiger partial charge < -0.3 is 4.74 Å². The highest BCUT2D eigenvalue weighted by molar-refractivity contribution is 5.79. The summed E-state index contributed by atoms with van der Waals surface area (Å²) >= 11 is 0. The van der Waals surface area contributed by atoms with Crippen molar-refractivity contribution in [1.82, 2.24) is 10.2 Å². The molecule has 0 aliphatic carbocycles. The Kier molecular flexibility index (Phi) is 1.40. The normalized spacial score (nSPS) is 10.4. The van der Waals surface area contributed by atoms with E-state index in [1.54, 1.807) is 25.3 Å². The van der Waals surface area contributed by atoms with Gasteiger partial charge in [0.25, 0.3) is 5.56 Å². The third kappa shape index (κ3) is 0.887. The van der Waals surface area contributed by atoms with E-state index in [4.69, 9.17) is 4.74 Å². The first-order valence-electron chi connectivity index (χ1n) is 3.55. The van der Waals surface area contributed by atoms with Crippen LogP contribution < -0.4 is 10.3 Å². The number of H-pyrrole nitrogens is 2. The average Bonchev–Trinajstić information content (AvgIpc) is 2.47.